The number of carbonyl (C=O) groups is 2. The van der Waals surface area contributed by atoms with Gasteiger partial charge in [-0.15, -0.1) is 0 Å². The third-order valence-corrected chi connectivity index (χ3v) is 3.74. The van der Waals surface area contributed by atoms with Gasteiger partial charge in [0.05, 0.1) is 7.11 Å². The van der Waals surface area contributed by atoms with Gasteiger partial charge in [0.1, 0.15) is 5.75 Å². The van der Waals surface area contributed by atoms with Crippen molar-refractivity contribution in [3.8, 4) is 5.75 Å². The molecule has 0 aliphatic rings. The van der Waals surface area contributed by atoms with E-state index in [1.54, 1.807) is 19.3 Å². The molecule has 26 heavy (non-hydrogen) atoms. The smallest absolute Gasteiger partial charge is 0.331 e. The molecule has 0 radical (unpaired) electrons. The molecule has 2 aromatic rings. The maximum absolute atomic E-state index is 12.0. The molecule has 0 atom stereocenters. The van der Waals surface area contributed by atoms with Gasteiger partial charge in [0.25, 0.3) is 5.91 Å². The second kappa shape index (κ2) is 9.42. The first-order valence-corrected chi connectivity index (χ1v) is 8.38. The molecule has 1 amide bonds. The minimum Gasteiger partial charge on any atom is -0.496 e. The molecule has 0 spiro atoms. The van der Waals surface area contributed by atoms with E-state index in [4.69, 9.17) is 9.47 Å². The monoisotopic (exact) mass is 353 g/mol. The van der Waals surface area contributed by atoms with E-state index < -0.39 is 5.97 Å². The van der Waals surface area contributed by atoms with Crippen LogP contribution in [0, 0.1) is 0 Å². The Bertz CT molecular complexity index is 796. The van der Waals surface area contributed by atoms with Crippen molar-refractivity contribution < 1.29 is 19.1 Å². The summed E-state index contributed by atoms with van der Waals surface area (Å²) in [7, 11) is 1.56. The van der Waals surface area contributed by atoms with Crippen molar-refractivity contribution in [1.82, 2.24) is 0 Å². The second-order valence-corrected chi connectivity index (χ2v) is 5.97. The topological polar surface area (TPSA) is 64.6 Å². The van der Waals surface area contributed by atoms with Crippen molar-refractivity contribution in [1.29, 1.82) is 0 Å². The molecular weight excluding hydrogens is 330 g/mol. The molecule has 0 bridgehead atoms. The summed E-state index contributed by atoms with van der Waals surface area (Å²) < 4.78 is 10.2. The number of nitrogens with one attached hydrogen (secondary N) is 1. The number of rotatable bonds is 7. The Labute approximate surface area is 153 Å². The number of esters is 1. The van der Waals surface area contributed by atoms with E-state index in [0.29, 0.717) is 5.75 Å². The first kappa shape index (κ1) is 19.2. The summed E-state index contributed by atoms with van der Waals surface area (Å²) in [5, 5.41) is 2.78. The molecule has 0 fully saturated rings. The van der Waals surface area contributed by atoms with Gasteiger partial charge in [-0.25, -0.2) is 4.79 Å². The lowest BCUT2D eigenvalue weighted by molar-refractivity contribution is -0.142. The lowest BCUT2D eigenvalue weighted by Crippen LogP contribution is -2.21. The maximum Gasteiger partial charge on any atom is 0.331 e. The molecule has 136 valence electrons. The van der Waals surface area contributed by atoms with Gasteiger partial charge in [-0.3, -0.25) is 4.79 Å². The average Bonchev–Trinajstić information content (AvgIpc) is 2.65. The van der Waals surface area contributed by atoms with Crippen molar-refractivity contribution in [2.75, 3.05) is 19.0 Å². The van der Waals surface area contributed by atoms with E-state index in [-0.39, 0.29) is 18.4 Å². The Morgan fingerprint density at radius 1 is 1.08 bits per heavy atom. The lowest BCUT2D eigenvalue weighted by atomic mass is 10.0. The lowest BCUT2D eigenvalue weighted by Gasteiger charge is -2.13. The van der Waals surface area contributed by atoms with E-state index in [1.807, 2.05) is 56.3 Å². The molecular formula is C21H23NO4. The van der Waals surface area contributed by atoms with Crippen molar-refractivity contribution in [2.45, 2.75) is 19.8 Å². The van der Waals surface area contributed by atoms with Crippen LogP contribution in [0.1, 0.15) is 30.9 Å². The fourth-order valence-electron chi connectivity index (χ4n) is 2.45. The molecule has 0 saturated heterocycles. The molecule has 2 aromatic carbocycles. The van der Waals surface area contributed by atoms with Crippen LogP contribution in [-0.2, 0) is 14.3 Å². The molecule has 0 unspecified atom stereocenters. The maximum atomic E-state index is 12.0. The third-order valence-electron chi connectivity index (χ3n) is 3.74. The van der Waals surface area contributed by atoms with Crippen LogP contribution in [0.2, 0.25) is 0 Å². The van der Waals surface area contributed by atoms with Gasteiger partial charge >= 0.3 is 5.97 Å². The van der Waals surface area contributed by atoms with Gasteiger partial charge in [-0.2, -0.15) is 0 Å². The van der Waals surface area contributed by atoms with Crippen molar-refractivity contribution >= 4 is 23.6 Å². The zero-order valence-electron chi connectivity index (χ0n) is 15.2. The summed E-state index contributed by atoms with van der Waals surface area (Å²) in [6.07, 6.45) is 2.86. The number of hydrogen-bond donors (Lipinski definition) is 1. The highest BCUT2D eigenvalue weighted by molar-refractivity contribution is 5.95. The van der Waals surface area contributed by atoms with Crippen LogP contribution < -0.4 is 10.1 Å². The number of hydrogen-bond acceptors (Lipinski definition) is 4. The fourth-order valence-corrected chi connectivity index (χ4v) is 2.45. The molecule has 2 rings (SSSR count). The Morgan fingerprint density at radius 2 is 1.77 bits per heavy atom. The zero-order chi connectivity index (χ0) is 18.9. The Hall–Kier alpha value is -3.08. The van der Waals surface area contributed by atoms with Gasteiger partial charge < -0.3 is 14.8 Å². The van der Waals surface area contributed by atoms with E-state index in [1.165, 1.54) is 6.08 Å². The first-order chi connectivity index (χ1) is 12.5. The molecule has 5 heteroatoms. The van der Waals surface area contributed by atoms with E-state index in [2.05, 4.69) is 5.32 Å². The van der Waals surface area contributed by atoms with Gasteiger partial charge in [0, 0.05) is 17.3 Å². The summed E-state index contributed by atoms with van der Waals surface area (Å²) in [5.74, 6) is -0.0437. The van der Waals surface area contributed by atoms with Crippen molar-refractivity contribution in [2.24, 2.45) is 0 Å². The van der Waals surface area contributed by atoms with Crippen LogP contribution in [0.4, 0.5) is 5.69 Å². The summed E-state index contributed by atoms with van der Waals surface area (Å²) >= 11 is 0. The number of benzene rings is 2. The number of methoxy groups -OCH3 is 1. The summed E-state index contributed by atoms with van der Waals surface area (Å²) in [6, 6.07) is 14.9. The standard InChI is InChI=1S/C21H23NO4/c1-15(2)17-9-5-6-10-18(17)22-20(23)14-26-21(24)13-12-16-8-4-7-11-19(16)25-3/h4-13,15H,14H2,1-3H3,(H,22,23). The highest BCUT2D eigenvalue weighted by Crippen LogP contribution is 2.23. The molecule has 0 aliphatic carbocycles. The predicted molar refractivity (Wildman–Crippen MR) is 102 cm³/mol. The first-order valence-electron chi connectivity index (χ1n) is 8.38. The fraction of sp³-hybridized carbons (Fsp3) is 0.238. The van der Waals surface area contributed by atoms with E-state index in [9.17, 15) is 9.59 Å². The largest absolute Gasteiger partial charge is 0.496 e. The Balaban J connectivity index is 1.89. The van der Waals surface area contributed by atoms with Crippen LogP contribution in [0.15, 0.2) is 54.6 Å². The SMILES string of the molecule is COc1ccccc1C=CC(=O)OCC(=O)Nc1ccccc1C(C)C. The van der Waals surface area contributed by atoms with Gasteiger partial charge in [0.2, 0.25) is 0 Å². The van der Waals surface area contributed by atoms with Crippen molar-refractivity contribution in [3.05, 3.63) is 65.7 Å². The molecule has 5 nitrogen and oxygen atoms in total. The summed E-state index contributed by atoms with van der Waals surface area (Å²) in [4.78, 5) is 23.9. The third kappa shape index (κ3) is 5.48. The number of ether oxygens (including phenoxy) is 2. The van der Waals surface area contributed by atoms with Crippen molar-refractivity contribution in [3.63, 3.8) is 0 Å². The molecule has 0 aromatic heterocycles. The normalized spacial score (nSPS) is 10.8. The van der Waals surface area contributed by atoms with Crippen LogP contribution in [-0.4, -0.2) is 25.6 Å². The van der Waals surface area contributed by atoms with E-state index in [0.717, 1.165) is 16.8 Å². The summed E-state index contributed by atoms with van der Waals surface area (Å²) in [6.45, 7) is 3.75. The Kier molecular flexibility index (Phi) is 6.97. The molecule has 1 N–H and O–H groups in total. The zero-order valence-corrected chi connectivity index (χ0v) is 15.2. The van der Waals surface area contributed by atoms with Crippen LogP contribution in [0.3, 0.4) is 0 Å². The molecule has 0 saturated carbocycles. The molecule has 0 heterocycles. The summed E-state index contributed by atoms with van der Waals surface area (Å²) in [5.41, 5.74) is 2.51. The predicted octanol–water partition coefficient (Wildman–Crippen LogP) is 4.01. The Morgan fingerprint density at radius 3 is 2.50 bits per heavy atom. The quantitative estimate of drug-likeness (QED) is 0.603. The highest BCUT2D eigenvalue weighted by Gasteiger charge is 2.10. The van der Waals surface area contributed by atoms with Crippen LogP contribution in [0.5, 0.6) is 5.75 Å². The number of para-hydroxylation sites is 2. The average molecular weight is 353 g/mol. The highest BCUT2D eigenvalue weighted by atomic mass is 16.5. The van der Waals surface area contributed by atoms with E-state index >= 15 is 0 Å². The number of anilines is 1. The van der Waals surface area contributed by atoms with Gasteiger partial charge in [0.15, 0.2) is 6.61 Å². The minimum absolute atomic E-state index is 0.276. The number of amides is 1. The molecule has 0 aliphatic heterocycles. The van der Waals surface area contributed by atoms with Gasteiger partial charge in [-0.05, 0) is 29.7 Å². The van der Waals surface area contributed by atoms with Crippen LogP contribution >= 0.6 is 0 Å². The van der Waals surface area contributed by atoms with Gasteiger partial charge in [-0.1, -0.05) is 50.2 Å². The van der Waals surface area contributed by atoms with Crippen LogP contribution in [0.25, 0.3) is 6.08 Å². The second-order valence-electron chi connectivity index (χ2n) is 5.97. The minimum atomic E-state index is -0.594. The number of carbonyl (C=O) groups excluding carboxylic acids is 2.